The molecule has 4 atom stereocenters. The van der Waals surface area contributed by atoms with Crippen LogP contribution in [-0.2, 0) is 9.59 Å². The van der Waals surface area contributed by atoms with Gasteiger partial charge in [0.2, 0.25) is 5.91 Å². The highest BCUT2D eigenvalue weighted by Crippen LogP contribution is 2.48. The molecule has 3 N–H and O–H groups in total. The van der Waals surface area contributed by atoms with Crippen molar-refractivity contribution in [2.75, 3.05) is 5.43 Å². The Morgan fingerprint density at radius 2 is 1.65 bits per heavy atom. The maximum Gasteiger partial charge on any atom is 0.307 e. The molecule has 1 aromatic carbocycles. The van der Waals surface area contributed by atoms with Crippen LogP contribution in [0.1, 0.15) is 23.7 Å². The van der Waals surface area contributed by atoms with E-state index in [0.29, 0.717) is 11.3 Å². The number of Topliss-reactive ketones (excluding diaryl/α,β-unsaturated/α-hetero) is 1. The monoisotopic (exact) mass is 314 g/mol. The van der Waals surface area contributed by atoms with Gasteiger partial charge in [-0.15, -0.1) is 0 Å². The summed E-state index contributed by atoms with van der Waals surface area (Å²) in [6, 6.07) is 6.70. The van der Waals surface area contributed by atoms with Crippen LogP contribution in [0.3, 0.4) is 0 Å². The lowest BCUT2D eigenvalue weighted by Gasteiger charge is -2.24. The number of fused-ring (bicyclic) bond motifs is 2. The molecule has 6 heteroatoms. The summed E-state index contributed by atoms with van der Waals surface area (Å²) in [6.45, 7) is 1.49. The van der Waals surface area contributed by atoms with Gasteiger partial charge in [-0.05, 0) is 49.4 Å². The largest absolute Gasteiger partial charge is 0.481 e. The van der Waals surface area contributed by atoms with Crippen molar-refractivity contribution < 1.29 is 19.5 Å². The molecule has 2 aliphatic carbocycles. The lowest BCUT2D eigenvalue weighted by atomic mass is 9.82. The minimum atomic E-state index is -0.923. The molecule has 3 rings (SSSR count). The zero-order valence-corrected chi connectivity index (χ0v) is 12.7. The second kappa shape index (κ2) is 5.87. The second-order valence-corrected chi connectivity index (χ2v) is 6.09. The topological polar surface area (TPSA) is 95.5 Å². The van der Waals surface area contributed by atoms with Crippen LogP contribution in [-0.4, -0.2) is 22.8 Å². The summed E-state index contributed by atoms with van der Waals surface area (Å²) in [4.78, 5) is 35.0. The number of carboxylic acid groups (broad SMARTS) is 1. The van der Waals surface area contributed by atoms with Gasteiger partial charge in [-0.3, -0.25) is 25.2 Å². The van der Waals surface area contributed by atoms with Crippen LogP contribution in [0, 0.1) is 23.7 Å². The van der Waals surface area contributed by atoms with Crippen LogP contribution < -0.4 is 10.9 Å². The summed E-state index contributed by atoms with van der Waals surface area (Å²) in [5, 5.41) is 9.36. The van der Waals surface area contributed by atoms with Crippen LogP contribution >= 0.6 is 0 Å². The molecule has 23 heavy (non-hydrogen) atoms. The van der Waals surface area contributed by atoms with E-state index in [-0.39, 0.29) is 23.5 Å². The van der Waals surface area contributed by atoms with Gasteiger partial charge < -0.3 is 5.11 Å². The van der Waals surface area contributed by atoms with E-state index in [0.717, 1.165) is 6.42 Å². The number of carboxylic acids is 1. The molecule has 6 nitrogen and oxygen atoms in total. The first kappa shape index (κ1) is 15.3. The van der Waals surface area contributed by atoms with Crippen molar-refractivity contribution >= 4 is 23.3 Å². The number of carbonyl (C=O) groups excluding carboxylic acids is 2. The number of hydrazine groups is 1. The van der Waals surface area contributed by atoms with Crippen molar-refractivity contribution in [1.29, 1.82) is 0 Å². The molecule has 0 aromatic heterocycles. The summed E-state index contributed by atoms with van der Waals surface area (Å²) in [5.74, 6) is -2.54. The van der Waals surface area contributed by atoms with Gasteiger partial charge in [-0.2, -0.15) is 0 Å². The van der Waals surface area contributed by atoms with E-state index >= 15 is 0 Å². The zero-order chi connectivity index (χ0) is 16.6. The van der Waals surface area contributed by atoms with E-state index in [1.165, 1.54) is 6.92 Å². The van der Waals surface area contributed by atoms with E-state index in [4.69, 9.17) is 0 Å². The molecular weight excluding hydrogens is 296 g/mol. The molecule has 0 heterocycles. The van der Waals surface area contributed by atoms with Gasteiger partial charge in [-0.1, -0.05) is 12.2 Å². The fourth-order valence-corrected chi connectivity index (χ4v) is 3.52. The third-order valence-electron chi connectivity index (χ3n) is 4.67. The van der Waals surface area contributed by atoms with E-state index in [9.17, 15) is 19.5 Å². The van der Waals surface area contributed by atoms with Gasteiger partial charge in [-0.25, -0.2) is 0 Å². The predicted molar refractivity (Wildman–Crippen MR) is 83.6 cm³/mol. The van der Waals surface area contributed by atoms with Gasteiger partial charge in [0.05, 0.1) is 17.5 Å². The molecular formula is C17H18N2O4. The number of hydrogen-bond donors (Lipinski definition) is 3. The van der Waals surface area contributed by atoms with Gasteiger partial charge >= 0.3 is 5.97 Å². The number of carbonyl (C=O) groups is 3. The third-order valence-corrected chi connectivity index (χ3v) is 4.67. The Balaban J connectivity index is 1.64. The Kier molecular flexibility index (Phi) is 3.90. The number of ketones is 1. The maximum atomic E-state index is 12.4. The van der Waals surface area contributed by atoms with Crippen molar-refractivity contribution in [3.8, 4) is 0 Å². The van der Waals surface area contributed by atoms with Crippen molar-refractivity contribution in [2.45, 2.75) is 13.3 Å². The molecule has 0 saturated heterocycles. The smallest absolute Gasteiger partial charge is 0.307 e. The summed E-state index contributed by atoms with van der Waals surface area (Å²) >= 11 is 0. The number of nitrogens with one attached hydrogen (secondary N) is 2. The Labute approximate surface area is 133 Å². The lowest BCUT2D eigenvalue weighted by Crippen LogP contribution is -2.42. The first-order chi connectivity index (χ1) is 11.0. The SMILES string of the molecule is CC(=O)c1ccc(NNC(=O)C2C3C=CC(C3)C2C(=O)O)cc1. The summed E-state index contributed by atoms with van der Waals surface area (Å²) in [6.07, 6.45) is 4.57. The number of hydrogen-bond acceptors (Lipinski definition) is 4. The average molecular weight is 314 g/mol. The number of anilines is 1. The Hall–Kier alpha value is -2.63. The van der Waals surface area contributed by atoms with E-state index in [2.05, 4.69) is 10.9 Å². The normalized spacial score (nSPS) is 27.7. The van der Waals surface area contributed by atoms with Gasteiger partial charge in [0.15, 0.2) is 5.78 Å². The molecule has 0 spiro atoms. The fourth-order valence-electron chi connectivity index (χ4n) is 3.52. The Bertz CT molecular complexity index is 680. The minimum absolute atomic E-state index is 0.0111. The van der Waals surface area contributed by atoms with Crippen LogP contribution in [0.5, 0.6) is 0 Å². The summed E-state index contributed by atoms with van der Waals surface area (Å²) < 4.78 is 0. The number of allylic oxidation sites excluding steroid dienone is 2. The Morgan fingerprint density at radius 3 is 2.22 bits per heavy atom. The highest BCUT2D eigenvalue weighted by Gasteiger charge is 2.51. The van der Waals surface area contributed by atoms with Crippen LogP contribution in [0.15, 0.2) is 36.4 Å². The maximum absolute atomic E-state index is 12.4. The lowest BCUT2D eigenvalue weighted by molar-refractivity contribution is -0.147. The predicted octanol–water partition coefficient (Wildman–Crippen LogP) is 1.86. The summed E-state index contributed by atoms with van der Waals surface area (Å²) in [5.41, 5.74) is 6.59. The van der Waals surface area contributed by atoms with E-state index in [1.54, 1.807) is 24.3 Å². The summed E-state index contributed by atoms with van der Waals surface area (Å²) in [7, 11) is 0. The molecule has 2 bridgehead atoms. The number of rotatable bonds is 5. The first-order valence-corrected chi connectivity index (χ1v) is 7.55. The zero-order valence-electron chi connectivity index (χ0n) is 12.7. The molecule has 0 radical (unpaired) electrons. The van der Waals surface area contributed by atoms with Crippen LogP contribution in [0.2, 0.25) is 0 Å². The molecule has 2 aliphatic rings. The van der Waals surface area contributed by atoms with Crippen molar-refractivity contribution in [1.82, 2.24) is 5.43 Å². The van der Waals surface area contributed by atoms with E-state index < -0.39 is 17.8 Å². The minimum Gasteiger partial charge on any atom is -0.481 e. The Morgan fingerprint density at radius 1 is 1.04 bits per heavy atom. The van der Waals surface area contributed by atoms with Gasteiger partial charge in [0, 0.05) is 5.56 Å². The standard InChI is InChI=1S/C17H18N2O4/c1-9(20)10-4-6-13(7-5-10)18-19-16(21)14-11-2-3-12(8-11)15(14)17(22)23/h2-7,11-12,14-15,18H,8H2,1H3,(H,19,21)(H,22,23). The number of benzene rings is 1. The molecule has 0 aliphatic heterocycles. The molecule has 1 saturated carbocycles. The van der Waals surface area contributed by atoms with Crippen LogP contribution in [0.4, 0.5) is 5.69 Å². The molecule has 4 unspecified atom stereocenters. The average Bonchev–Trinajstić information content (AvgIpc) is 3.13. The molecule has 1 fully saturated rings. The van der Waals surface area contributed by atoms with Crippen molar-refractivity contribution in [3.05, 3.63) is 42.0 Å². The molecule has 1 aromatic rings. The highest BCUT2D eigenvalue weighted by molar-refractivity contribution is 5.94. The first-order valence-electron chi connectivity index (χ1n) is 7.55. The third kappa shape index (κ3) is 2.84. The fraction of sp³-hybridized carbons (Fsp3) is 0.353. The quantitative estimate of drug-likeness (QED) is 0.438. The molecule has 1 amide bonds. The number of amides is 1. The van der Waals surface area contributed by atoms with Crippen molar-refractivity contribution in [3.63, 3.8) is 0 Å². The highest BCUT2D eigenvalue weighted by atomic mass is 16.4. The van der Waals surface area contributed by atoms with E-state index in [1.807, 2.05) is 12.2 Å². The van der Waals surface area contributed by atoms with Gasteiger partial charge in [0.25, 0.3) is 0 Å². The van der Waals surface area contributed by atoms with Crippen molar-refractivity contribution in [2.24, 2.45) is 23.7 Å². The second-order valence-electron chi connectivity index (χ2n) is 6.09. The number of aliphatic carboxylic acids is 1. The molecule has 120 valence electrons. The van der Waals surface area contributed by atoms with Gasteiger partial charge in [0.1, 0.15) is 0 Å². The van der Waals surface area contributed by atoms with Crippen LogP contribution in [0.25, 0.3) is 0 Å².